The van der Waals surface area contributed by atoms with Gasteiger partial charge in [0, 0.05) is 59.2 Å². The van der Waals surface area contributed by atoms with Crippen LogP contribution in [-0.4, -0.2) is 69.9 Å². The second kappa shape index (κ2) is 14.2. The van der Waals surface area contributed by atoms with Crippen molar-refractivity contribution in [2.75, 3.05) is 54.1 Å². The number of para-hydroxylation sites is 2. The van der Waals surface area contributed by atoms with Crippen LogP contribution in [0.15, 0.2) is 47.6 Å². The van der Waals surface area contributed by atoms with Gasteiger partial charge >= 0.3 is 0 Å². The average Bonchev–Trinajstić information content (AvgIpc) is 2.79. The van der Waals surface area contributed by atoms with Crippen LogP contribution in [0.25, 0.3) is 0 Å². The van der Waals surface area contributed by atoms with Gasteiger partial charge in [-0.05, 0) is 38.1 Å². The number of aromatic nitrogens is 1. The number of hydrogen-bond acceptors (Lipinski definition) is 6. The number of ether oxygens (including phenoxy) is 3. The van der Waals surface area contributed by atoms with Crippen molar-refractivity contribution in [3.05, 3.63) is 48.2 Å². The van der Waals surface area contributed by atoms with Crippen LogP contribution in [0.1, 0.15) is 18.9 Å². The van der Waals surface area contributed by atoms with E-state index in [1.54, 1.807) is 20.4 Å². The van der Waals surface area contributed by atoms with Crippen molar-refractivity contribution >= 4 is 5.96 Å². The zero-order chi connectivity index (χ0) is 22.3. The van der Waals surface area contributed by atoms with E-state index in [0.717, 1.165) is 44.2 Å². The fourth-order valence-electron chi connectivity index (χ4n) is 2.86. The number of hydrogen-bond donors (Lipinski definition) is 2. The third-order valence-corrected chi connectivity index (χ3v) is 4.52. The van der Waals surface area contributed by atoms with Gasteiger partial charge in [-0.1, -0.05) is 18.2 Å². The lowest BCUT2D eigenvalue weighted by molar-refractivity contribution is 0.180. The highest BCUT2D eigenvalue weighted by Gasteiger charge is 2.06. The van der Waals surface area contributed by atoms with Gasteiger partial charge in [-0.25, -0.2) is 4.98 Å². The largest absolute Gasteiger partial charge is 0.490 e. The second-order valence-electron chi connectivity index (χ2n) is 6.99. The number of benzene rings is 1. The summed E-state index contributed by atoms with van der Waals surface area (Å²) in [6, 6.07) is 11.4. The van der Waals surface area contributed by atoms with Gasteiger partial charge in [-0.15, -0.1) is 0 Å². The minimum absolute atomic E-state index is 0.523. The highest BCUT2D eigenvalue weighted by molar-refractivity contribution is 5.79. The maximum atomic E-state index is 5.87. The minimum atomic E-state index is 0.523. The molecule has 2 rings (SSSR count). The van der Waals surface area contributed by atoms with Crippen molar-refractivity contribution < 1.29 is 14.2 Å². The number of methoxy groups -OCH3 is 1. The summed E-state index contributed by atoms with van der Waals surface area (Å²) in [6.45, 7) is 6.69. The molecular formula is C23H35N5O3. The first-order chi connectivity index (χ1) is 15.2. The number of pyridine rings is 1. The van der Waals surface area contributed by atoms with Crippen LogP contribution in [-0.2, 0) is 11.3 Å². The Morgan fingerprint density at radius 3 is 2.58 bits per heavy atom. The van der Waals surface area contributed by atoms with Crippen LogP contribution in [0.4, 0.5) is 0 Å². The first-order valence-corrected chi connectivity index (χ1v) is 10.6. The zero-order valence-electron chi connectivity index (χ0n) is 19.1. The molecule has 170 valence electrons. The van der Waals surface area contributed by atoms with E-state index in [1.807, 2.05) is 43.3 Å². The molecule has 0 aliphatic rings. The highest BCUT2D eigenvalue weighted by Crippen LogP contribution is 2.30. The van der Waals surface area contributed by atoms with E-state index in [1.165, 1.54) is 0 Å². The van der Waals surface area contributed by atoms with Gasteiger partial charge in [0.1, 0.15) is 0 Å². The SMILES string of the molecule is CCOc1ccccc1Oc1ccc(CNC(=NC)NCCN(C)CCCOC)cn1. The molecule has 31 heavy (non-hydrogen) atoms. The van der Waals surface area contributed by atoms with Gasteiger partial charge in [0.25, 0.3) is 0 Å². The van der Waals surface area contributed by atoms with Crippen LogP contribution < -0.4 is 20.1 Å². The molecule has 8 heteroatoms. The molecule has 0 atom stereocenters. The zero-order valence-corrected chi connectivity index (χ0v) is 19.1. The average molecular weight is 430 g/mol. The molecule has 1 aromatic heterocycles. The molecule has 0 saturated carbocycles. The maximum Gasteiger partial charge on any atom is 0.219 e. The van der Waals surface area contributed by atoms with E-state index in [9.17, 15) is 0 Å². The van der Waals surface area contributed by atoms with Crippen molar-refractivity contribution in [2.45, 2.75) is 19.9 Å². The first-order valence-electron chi connectivity index (χ1n) is 10.6. The second-order valence-corrected chi connectivity index (χ2v) is 6.99. The summed E-state index contributed by atoms with van der Waals surface area (Å²) >= 11 is 0. The van der Waals surface area contributed by atoms with Crippen molar-refractivity contribution in [3.8, 4) is 17.4 Å². The van der Waals surface area contributed by atoms with Gasteiger partial charge in [0.15, 0.2) is 17.5 Å². The lowest BCUT2D eigenvalue weighted by atomic mass is 10.3. The summed E-state index contributed by atoms with van der Waals surface area (Å²) in [5.74, 6) is 2.64. The molecule has 0 amide bonds. The predicted molar refractivity (Wildman–Crippen MR) is 124 cm³/mol. The molecule has 1 aromatic carbocycles. The number of nitrogens with one attached hydrogen (secondary N) is 2. The van der Waals surface area contributed by atoms with Gasteiger partial charge in [0.05, 0.1) is 6.61 Å². The van der Waals surface area contributed by atoms with Gasteiger partial charge in [-0.2, -0.15) is 0 Å². The summed E-state index contributed by atoms with van der Waals surface area (Å²) in [7, 11) is 5.60. The Morgan fingerprint density at radius 1 is 1.10 bits per heavy atom. The normalized spacial score (nSPS) is 11.5. The van der Waals surface area contributed by atoms with Gasteiger partial charge < -0.3 is 29.7 Å². The van der Waals surface area contributed by atoms with Crippen molar-refractivity contribution in [2.24, 2.45) is 4.99 Å². The topological polar surface area (TPSA) is 80.2 Å². The van der Waals surface area contributed by atoms with Crippen molar-refractivity contribution in [1.29, 1.82) is 0 Å². The predicted octanol–water partition coefficient (Wildman–Crippen LogP) is 2.91. The van der Waals surface area contributed by atoms with E-state index < -0.39 is 0 Å². The van der Waals surface area contributed by atoms with Crippen molar-refractivity contribution in [3.63, 3.8) is 0 Å². The van der Waals surface area contributed by atoms with Crippen LogP contribution in [0.5, 0.6) is 17.4 Å². The van der Waals surface area contributed by atoms with Crippen LogP contribution in [0, 0.1) is 0 Å². The lowest BCUT2D eigenvalue weighted by Crippen LogP contribution is -2.40. The van der Waals surface area contributed by atoms with Gasteiger partial charge in [-0.3, -0.25) is 4.99 Å². The number of likely N-dealkylation sites (N-methyl/N-ethyl adjacent to an activating group) is 1. The van der Waals surface area contributed by atoms with Crippen molar-refractivity contribution in [1.82, 2.24) is 20.5 Å². The summed E-state index contributed by atoms with van der Waals surface area (Å²) < 4.78 is 16.5. The quantitative estimate of drug-likeness (QED) is 0.288. The molecule has 0 radical (unpaired) electrons. The molecule has 2 N–H and O–H groups in total. The molecule has 1 heterocycles. The molecule has 0 fully saturated rings. The molecule has 2 aromatic rings. The number of aliphatic imine (C=N–C) groups is 1. The number of nitrogens with zero attached hydrogens (tertiary/aromatic N) is 3. The van der Waals surface area contributed by atoms with E-state index in [0.29, 0.717) is 30.5 Å². The molecular weight excluding hydrogens is 394 g/mol. The fourth-order valence-corrected chi connectivity index (χ4v) is 2.86. The highest BCUT2D eigenvalue weighted by atomic mass is 16.5. The maximum absolute atomic E-state index is 5.87. The summed E-state index contributed by atoms with van der Waals surface area (Å²) in [4.78, 5) is 10.9. The van der Waals surface area contributed by atoms with E-state index in [2.05, 4.69) is 32.6 Å². The molecule has 0 saturated heterocycles. The number of rotatable bonds is 13. The Labute approximate surface area is 185 Å². The van der Waals surface area contributed by atoms with E-state index >= 15 is 0 Å². The standard InChI is InChI=1S/C23H35N5O3/c1-5-30-20-9-6-7-10-21(20)31-22-12-11-19(17-26-22)18-27-23(24-2)25-13-15-28(3)14-8-16-29-4/h6-7,9-12,17H,5,8,13-16,18H2,1-4H3,(H2,24,25,27). The lowest BCUT2D eigenvalue weighted by Gasteiger charge is -2.18. The molecule has 8 nitrogen and oxygen atoms in total. The molecule has 0 spiro atoms. The molecule has 0 unspecified atom stereocenters. The van der Waals surface area contributed by atoms with E-state index in [4.69, 9.17) is 14.2 Å². The minimum Gasteiger partial charge on any atom is -0.490 e. The Hall–Kier alpha value is -2.84. The number of guanidine groups is 1. The monoisotopic (exact) mass is 429 g/mol. The third kappa shape index (κ3) is 9.23. The molecule has 0 aliphatic heterocycles. The third-order valence-electron chi connectivity index (χ3n) is 4.52. The Kier molecular flexibility index (Phi) is 11.2. The van der Waals surface area contributed by atoms with E-state index in [-0.39, 0.29) is 0 Å². The fraction of sp³-hybridized carbons (Fsp3) is 0.478. The Morgan fingerprint density at radius 2 is 1.90 bits per heavy atom. The first kappa shape index (κ1) is 24.4. The summed E-state index contributed by atoms with van der Waals surface area (Å²) in [6.07, 6.45) is 2.83. The summed E-state index contributed by atoms with van der Waals surface area (Å²) in [5.41, 5.74) is 1.03. The van der Waals surface area contributed by atoms with Crippen LogP contribution in [0.2, 0.25) is 0 Å². The molecule has 0 aliphatic carbocycles. The molecule has 0 bridgehead atoms. The Balaban J connectivity index is 1.77. The van der Waals surface area contributed by atoms with Crippen LogP contribution in [0.3, 0.4) is 0 Å². The summed E-state index contributed by atoms with van der Waals surface area (Å²) in [5, 5.41) is 6.64. The smallest absolute Gasteiger partial charge is 0.219 e. The van der Waals surface area contributed by atoms with Gasteiger partial charge in [0.2, 0.25) is 5.88 Å². The Bertz CT molecular complexity index is 783. The van der Waals surface area contributed by atoms with Crippen LogP contribution >= 0.6 is 0 Å².